The first-order chi connectivity index (χ1) is 9.33. The molecular formula is C13H18N4O2. The Kier molecular flexibility index (Phi) is 2.58. The molecule has 1 aromatic rings. The third-order valence-corrected chi connectivity index (χ3v) is 4.69. The van der Waals surface area contributed by atoms with Gasteiger partial charge in [0, 0.05) is 19.0 Å². The molecule has 19 heavy (non-hydrogen) atoms. The molecule has 1 saturated carbocycles. The molecule has 1 amide bonds. The van der Waals surface area contributed by atoms with Crippen molar-refractivity contribution in [1.82, 2.24) is 19.9 Å². The highest BCUT2D eigenvalue weighted by Crippen LogP contribution is 2.33. The Morgan fingerprint density at radius 1 is 1.37 bits per heavy atom. The summed E-state index contributed by atoms with van der Waals surface area (Å²) in [6.07, 6.45) is 6.17. The summed E-state index contributed by atoms with van der Waals surface area (Å²) in [4.78, 5) is 14.4. The highest BCUT2D eigenvalue weighted by molar-refractivity contribution is 5.79. The van der Waals surface area contributed by atoms with E-state index in [-0.39, 0.29) is 18.1 Å². The van der Waals surface area contributed by atoms with Gasteiger partial charge in [0.1, 0.15) is 0 Å². The fourth-order valence-corrected chi connectivity index (χ4v) is 3.29. The van der Waals surface area contributed by atoms with Crippen LogP contribution in [-0.2, 0) is 16.1 Å². The largest absolute Gasteiger partial charge is 0.370 e. The van der Waals surface area contributed by atoms with Crippen molar-refractivity contribution in [3.63, 3.8) is 0 Å². The number of nitrogens with zero attached hydrogens (tertiary/aromatic N) is 4. The number of carbonyl (C=O) groups excluding carboxylic acids is 1. The number of carbonyl (C=O) groups is 1. The molecule has 1 aliphatic carbocycles. The van der Waals surface area contributed by atoms with E-state index in [0.717, 1.165) is 38.0 Å². The monoisotopic (exact) mass is 262 g/mol. The molecule has 2 atom stereocenters. The van der Waals surface area contributed by atoms with E-state index >= 15 is 0 Å². The zero-order chi connectivity index (χ0) is 12.8. The van der Waals surface area contributed by atoms with E-state index in [2.05, 4.69) is 10.3 Å². The average molecular weight is 262 g/mol. The summed E-state index contributed by atoms with van der Waals surface area (Å²) in [6.45, 7) is 2.13. The van der Waals surface area contributed by atoms with Crippen molar-refractivity contribution in [3.8, 4) is 0 Å². The minimum Gasteiger partial charge on any atom is -0.370 e. The second-order valence-corrected chi connectivity index (χ2v) is 5.79. The lowest BCUT2D eigenvalue weighted by atomic mass is 9.83. The first kappa shape index (κ1) is 11.4. The molecule has 1 aromatic heterocycles. The maximum absolute atomic E-state index is 12.3. The van der Waals surface area contributed by atoms with Gasteiger partial charge in [0.05, 0.1) is 30.6 Å². The zero-order valence-corrected chi connectivity index (χ0v) is 10.9. The summed E-state index contributed by atoms with van der Waals surface area (Å²) < 4.78 is 7.81. The Bertz CT molecular complexity index is 497. The molecule has 3 heterocycles. The normalized spacial score (nSPS) is 30.4. The number of hydrogen-bond acceptors (Lipinski definition) is 4. The van der Waals surface area contributed by atoms with Crippen LogP contribution in [0.1, 0.15) is 37.4 Å². The summed E-state index contributed by atoms with van der Waals surface area (Å²) in [6, 6.07) is 0.143. The van der Waals surface area contributed by atoms with Gasteiger partial charge in [-0.3, -0.25) is 4.79 Å². The number of ether oxygens (including phenoxy) is 1. The van der Waals surface area contributed by atoms with Crippen LogP contribution >= 0.6 is 0 Å². The summed E-state index contributed by atoms with van der Waals surface area (Å²) in [5.74, 6) is 0.605. The van der Waals surface area contributed by atoms with Crippen molar-refractivity contribution in [3.05, 3.63) is 11.9 Å². The van der Waals surface area contributed by atoms with Gasteiger partial charge >= 0.3 is 0 Å². The number of hydrogen-bond donors (Lipinski definition) is 0. The van der Waals surface area contributed by atoms with Gasteiger partial charge in [0.25, 0.3) is 0 Å². The highest BCUT2D eigenvalue weighted by atomic mass is 16.5. The van der Waals surface area contributed by atoms with Gasteiger partial charge in [-0.25, -0.2) is 4.68 Å². The molecular weight excluding hydrogens is 244 g/mol. The molecule has 3 aliphatic rings. The highest BCUT2D eigenvalue weighted by Gasteiger charge is 2.39. The first-order valence-electron chi connectivity index (χ1n) is 7.12. The van der Waals surface area contributed by atoms with Crippen molar-refractivity contribution in [1.29, 1.82) is 0 Å². The van der Waals surface area contributed by atoms with Crippen LogP contribution in [0.2, 0.25) is 0 Å². The van der Waals surface area contributed by atoms with Gasteiger partial charge in [-0.1, -0.05) is 11.6 Å². The Morgan fingerprint density at radius 2 is 2.26 bits per heavy atom. The van der Waals surface area contributed by atoms with E-state index in [9.17, 15) is 4.79 Å². The van der Waals surface area contributed by atoms with Gasteiger partial charge in [-0.05, 0) is 19.3 Å². The van der Waals surface area contributed by atoms with Gasteiger partial charge in [0.15, 0.2) is 0 Å². The van der Waals surface area contributed by atoms with Crippen LogP contribution < -0.4 is 0 Å². The van der Waals surface area contributed by atoms with Crippen molar-refractivity contribution in [2.75, 3.05) is 13.1 Å². The summed E-state index contributed by atoms with van der Waals surface area (Å²) in [7, 11) is 0. The summed E-state index contributed by atoms with van der Waals surface area (Å²) in [5, 5.41) is 8.12. The quantitative estimate of drug-likeness (QED) is 0.749. The standard InChI is InChI=1S/C13H18N4O2/c18-13(9-2-1-3-9)16-5-4-12-11(7-16)17-10(8-19-12)6-14-15-17/h6,9,11-12H,1-5,7-8H2/t11-,12+/m0/s1. The van der Waals surface area contributed by atoms with E-state index in [1.807, 2.05) is 9.58 Å². The molecule has 2 fully saturated rings. The third kappa shape index (κ3) is 1.77. The second-order valence-electron chi connectivity index (χ2n) is 5.79. The Morgan fingerprint density at radius 3 is 3.05 bits per heavy atom. The minimum absolute atomic E-state index is 0.143. The molecule has 1 saturated heterocycles. The Hall–Kier alpha value is -1.43. The Labute approximate surface area is 111 Å². The van der Waals surface area contributed by atoms with E-state index in [1.54, 1.807) is 6.20 Å². The molecule has 0 N–H and O–H groups in total. The van der Waals surface area contributed by atoms with Crippen LogP contribution in [0, 0.1) is 5.92 Å². The van der Waals surface area contributed by atoms with Crippen LogP contribution in [0.5, 0.6) is 0 Å². The minimum atomic E-state index is 0.143. The Balaban J connectivity index is 1.54. The molecule has 4 rings (SSSR count). The van der Waals surface area contributed by atoms with Gasteiger partial charge in [-0.15, -0.1) is 5.10 Å². The van der Waals surface area contributed by atoms with Crippen molar-refractivity contribution in [2.24, 2.45) is 5.92 Å². The molecule has 0 aromatic carbocycles. The van der Waals surface area contributed by atoms with Crippen LogP contribution in [0.15, 0.2) is 6.20 Å². The summed E-state index contributed by atoms with van der Waals surface area (Å²) in [5.41, 5.74) is 1.01. The maximum atomic E-state index is 12.3. The number of piperidine rings is 1. The molecule has 6 heteroatoms. The molecule has 2 aliphatic heterocycles. The van der Waals surface area contributed by atoms with E-state index in [1.165, 1.54) is 6.42 Å². The van der Waals surface area contributed by atoms with E-state index in [0.29, 0.717) is 12.5 Å². The van der Waals surface area contributed by atoms with Gasteiger partial charge in [0.2, 0.25) is 5.91 Å². The summed E-state index contributed by atoms with van der Waals surface area (Å²) >= 11 is 0. The van der Waals surface area contributed by atoms with Crippen LogP contribution in [0.25, 0.3) is 0 Å². The lowest BCUT2D eigenvalue weighted by Crippen LogP contribution is -2.51. The molecule has 0 spiro atoms. The first-order valence-corrected chi connectivity index (χ1v) is 7.12. The smallest absolute Gasteiger partial charge is 0.225 e. The lowest BCUT2D eigenvalue weighted by molar-refractivity contribution is -0.144. The molecule has 102 valence electrons. The van der Waals surface area contributed by atoms with Crippen LogP contribution in [0.3, 0.4) is 0 Å². The number of fused-ring (bicyclic) bond motifs is 3. The number of rotatable bonds is 1. The molecule has 6 nitrogen and oxygen atoms in total. The van der Waals surface area contributed by atoms with Crippen LogP contribution in [0.4, 0.5) is 0 Å². The topological polar surface area (TPSA) is 60.3 Å². The molecule has 0 radical (unpaired) electrons. The van der Waals surface area contributed by atoms with Crippen LogP contribution in [-0.4, -0.2) is 45.0 Å². The maximum Gasteiger partial charge on any atom is 0.225 e. The predicted octanol–water partition coefficient (Wildman–Crippen LogP) is 0.750. The number of likely N-dealkylation sites (tertiary alicyclic amines) is 1. The van der Waals surface area contributed by atoms with Crippen molar-refractivity contribution in [2.45, 2.75) is 44.4 Å². The van der Waals surface area contributed by atoms with E-state index < -0.39 is 0 Å². The predicted molar refractivity (Wildman–Crippen MR) is 66.2 cm³/mol. The van der Waals surface area contributed by atoms with Gasteiger partial charge in [-0.2, -0.15) is 0 Å². The number of amides is 1. The second kappa shape index (κ2) is 4.30. The van der Waals surface area contributed by atoms with Gasteiger partial charge < -0.3 is 9.64 Å². The third-order valence-electron chi connectivity index (χ3n) is 4.69. The van der Waals surface area contributed by atoms with E-state index in [4.69, 9.17) is 4.74 Å². The number of aromatic nitrogens is 3. The van der Waals surface area contributed by atoms with Crippen molar-refractivity contribution < 1.29 is 9.53 Å². The fourth-order valence-electron chi connectivity index (χ4n) is 3.29. The lowest BCUT2D eigenvalue weighted by Gasteiger charge is -2.42. The fraction of sp³-hybridized carbons (Fsp3) is 0.769. The van der Waals surface area contributed by atoms with Crippen molar-refractivity contribution >= 4 is 5.91 Å². The molecule has 0 unspecified atom stereocenters. The SMILES string of the molecule is O=C(C1CCC1)N1CC[C@H]2OCc3cnnn3[C@H]2C1. The average Bonchev–Trinajstić information content (AvgIpc) is 2.84. The molecule has 0 bridgehead atoms. The zero-order valence-electron chi connectivity index (χ0n) is 10.9.